The van der Waals surface area contributed by atoms with Gasteiger partial charge < -0.3 is 19.1 Å². The molecule has 0 saturated carbocycles. The summed E-state index contributed by atoms with van der Waals surface area (Å²) in [6.45, 7) is -0.202. The molecule has 1 amide bonds. The fourth-order valence-corrected chi connectivity index (χ4v) is 2.83. The minimum absolute atomic E-state index is 0.259. The number of hydrogen-bond donors (Lipinski definition) is 0. The highest BCUT2D eigenvalue weighted by molar-refractivity contribution is 5.84. The third-order valence-electron chi connectivity index (χ3n) is 4.41. The van der Waals surface area contributed by atoms with Gasteiger partial charge in [-0.1, -0.05) is 42.5 Å². The Morgan fingerprint density at radius 2 is 1.66 bits per heavy atom. The van der Waals surface area contributed by atoms with Crippen LogP contribution in [0.2, 0.25) is 0 Å². The van der Waals surface area contributed by atoms with E-state index in [1.165, 1.54) is 4.90 Å². The normalized spacial score (nSPS) is 10.4. The molecule has 150 valence electrons. The van der Waals surface area contributed by atoms with E-state index >= 15 is 0 Å². The number of likely N-dealkylation sites (N-methyl/N-ethyl adjacent to an activating group) is 1. The lowest BCUT2D eigenvalue weighted by molar-refractivity contribution is -0.153. The number of rotatable bonds is 8. The first-order valence-electron chi connectivity index (χ1n) is 9.19. The third-order valence-corrected chi connectivity index (χ3v) is 4.41. The smallest absolute Gasteiger partial charge is 0.344 e. The molecule has 0 aliphatic rings. The molecular formula is C23H23NO5. The van der Waals surface area contributed by atoms with Crippen molar-refractivity contribution in [1.82, 2.24) is 4.90 Å². The van der Waals surface area contributed by atoms with Crippen molar-refractivity contribution in [2.45, 2.75) is 6.54 Å². The standard InChI is InChI=1S/C23H23NO5/c1-24(14-17-6-5-9-20(12-17)27-2)22(25)15-29-23(26)16-28-21-11-10-18-7-3-4-8-19(18)13-21/h3-13H,14-16H2,1-2H3. The van der Waals surface area contributed by atoms with Crippen LogP contribution < -0.4 is 9.47 Å². The van der Waals surface area contributed by atoms with E-state index in [0.29, 0.717) is 12.3 Å². The molecule has 0 fully saturated rings. The van der Waals surface area contributed by atoms with Gasteiger partial charge in [0.15, 0.2) is 13.2 Å². The maximum Gasteiger partial charge on any atom is 0.344 e. The Morgan fingerprint density at radius 3 is 2.45 bits per heavy atom. The topological polar surface area (TPSA) is 65.1 Å². The number of carbonyl (C=O) groups excluding carboxylic acids is 2. The monoisotopic (exact) mass is 393 g/mol. The Labute approximate surface area is 169 Å². The minimum Gasteiger partial charge on any atom is -0.497 e. The average Bonchev–Trinajstić information content (AvgIpc) is 2.75. The van der Waals surface area contributed by atoms with E-state index < -0.39 is 5.97 Å². The number of methoxy groups -OCH3 is 1. The van der Waals surface area contributed by atoms with Crippen molar-refractivity contribution in [2.75, 3.05) is 27.4 Å². The van der Waals surface area contributed by atoms with Gasteiger partial charge in [-0.15, -0.1) is 0 Å². The van der Waals surface area contributed by atoms with Gasteiger partial charge in [0.1, 0.15) is 11.5 Å². The van der Waals surface area contributed by atoms with Crippen LogP contribution in [0.1, 0.15) is 5.56 Å². The second-order valence-electron chi connectivity index (χ2n) is 6.56. The van der Waals surface area contributed by atoms with Crippen molar-refractivity contribution >= 4 is 22.6 Å². The number of nitrogens with zero attached hydrogens (tertiary/aromatic N) is 1. The van der Waals surface area contributed by atoms with Crippen LogP contribution in [0.5, 0.6) is 11.5 Å². The summed E-state index contributed by atoms with van der Waals surface area (Å²) in [5.74, 6) is 0.399. The van der Waals surface area contributed by atoms with Gasteiger partial charge in [-0.25, -0.2) is 4.79 Å². The summed E-state index contributed by atoms with van der Waals surface area (Å²) in [6, 6.07) is 20.9. The molecule has 0 N–H and O–H groups in total. The van der Waals surface area contributed by atoms with Gasteiger partial charge in [-0.3, -0.25) is 4.79 Å². The lowest BCUT2D eigenvalue weighted by atomic mass is 10.1. The van der Waals surface area contributed by atoms with Gasteiger partial charge >= 0.3 is 5.97 Å². The van der Waals surface area contributed by atoms with Gasteiger partial charge in [0, 0.05) is 13.6 Å². The van der Waals surface area contributed by atoms with Gasteiger partial charge in [0.05, 0.1) is 7.11 Å². The van der Waals surface area contributed by atoms with E-state index in [0.717, 1.165) is 22.1 Å². The quantitative estimate of drug-likeness (QED) is 0.549. The Morgan fingerprint density at radius 1 is 0.862 bits per heavy atom. The Kier molecular flexibility index (Phi) is 6.68. The van der Waals surface area contributed by atoms with Crippen LogP contribution in [0, 0.1) is 0 Å². The van der Waals surface area contributed by atoms with Gasteiger partial charge in [0.25, 0.3) is 5.91 Å². The van der Waals surface area contributed by atoms with E-state index in [4.69, 9.17) is 14.2 Å². The molecule has 3 aromatic rings. The second kappa shape index (κ2) is 9.59. The Bertz CT molecular complexity index is 1000. The molecule has 0 atom stereocenters. The largest absolute Gasteiger partial charge is 0.497 e. The maximum atomic E-state index is 12.2. The zero-order valence-electron chi connectivity index (χ0n) is 16.5. The van der Waals surface area contributed by atoms with Crippen LogP contribution in [0.4, 0.5) is 0 Å². The predicted octanol–water partition coefficient (Wildman–Crippen LogP) is 3.43. The number of benzene rings is 3. The molecule has 0 aliphatic heterocycles. The first kappa shape index (κ1) is 20.2. The second-order valence-corrected chi connectivity index (χ2v) is 6.56. The number of carbonyl (C=O) groups is 2. The number of hydrogen-bond acceptors (Lipinski definition) is 5. The van der Waals surface area contributed by atoms with Crippen LogP contribution in [0.25, 0.3) is 10.8 Å². The van der Waals surface area contributed by atoms with Crippen LogP contribution in [-0.2, 0) is 20.9 Å². The molecule has 6 heteroatoms. The van der Waals surface area contributed by atoms with Crippen molar-refractivity contribution in [2.24, 2.45) is 0 Å². The van der Waals surface area contributed by atoms with Crippen molar-refractivity contribution in [3.63, 3.8) is 0 Å². The molecule has 0 bridgehead atoms. The molecule has 0 saturated heterocycles. The number of esters is 1. The van der Waals surface area contributed by atoms with Crippen LogP contribution in [0.15, 0.2) is 66.7 Å². The lowest BCUT2D eigenvalue weighted by Gasteiger charge is -2.17. The molecule has 0 spiro atoms. The van der Waals surface area contributed by atoms with E-state index in [9.17, 15) is 9.59 Å². The number of ether oxygens (including phenoxy) is 3. The lowest BCUT2D eigenvalue weighted by Crippen LogP contribution is -2.31. The molecule has 0 heterocycles. The summed E-state index contributed by atoms with van der Waals surface area (Å²) in [6.07, 6.45) is 0. The fourth-order valence-electron chi connectivity index (χ4n) is 2.83. The summed E-state index contributed by atoms with van der Waals surface area (Å²) in [4.78, 5) is 25.6. The first-order valence-corrected chi connectivity index (χ1v) is 9.19. The van der Waals surface area contributed by atoms with E-state index in [1.54, 1.807) is 20.2 Å². The third kappa shape index (κ3) is 5.72. The van der Waals surface area contributed by atoms with Crippen molar-refractivity contribution in [3.05, 3.63) is 72.3 Å². The predicted molar refractivity (Wildman–Crippen MR) is 110 cm³/mol. The highest BCUT2D eigenvalue weighted by Gasteiger charge is 2.13. The molecular weight excluding hydrogens is 370 g/mol. The Hall–Kier alpha value is -3.54. The molecule has 0 aliphatic carbocycles. The number of fused-ring (bicyclic) bond motifs is 1. The SMILES string of the molecule is COc1cccc(CN(C)C(=O)COC(=O)COc2ccc3ccccc3c2)c1. The zero-order valence-corrected chi connectivity index (χ0v) is 16.5. The van der Waals surface area contributed by atoms with Gasteiger partial charge in [-0.05, 0) is 40.6 Å². The first-order chi connectivity index (χ1) is 14.0. The highest BCUT2D eigenvalue weighted by Crippen LogP contribution is 2.20. The molecule has 0 aromatic heterocycles. The number of amides is 1. The van der Waals surface area contributed by atoms with E-state index in [1.807, 2.05) is 60.7 Å². The molecule has 0 radical (unpaired) electrons. The fraction of sp³-hybridized carbons (Fsp3) is 0.217. The molecule has 3 rings (SSSR count). The van der Waals surface area contributed by atoms with Gasteiger partial charge in [-0.2, -0.15) is 0 Å². The molecule has 3 aromatic carbocycles. The molecule has 0 unspecified atom stereocenters. The Balaban J connectivity index is 1.44. The van der Waals surface area contributed by atoms with E-state index in [2.05, 4.69) is 0 Å². The van der Waals surface area contributed by atoms with Crippen molar-refractivity contribution < 1.29 is 23.8 Å². The summed E-state index contributed by atoms with van der Waals surface area (Å²) in [5.41, 5.74) is 0.922. The zero-order chi connectivity index (χ0) is 20.6. The van der Waals surface area contributed by atoms with Crippen molar-refractivity contribution in [1.29, 1.82) is 0 Å². The minimum atomic E-state index is -0.596. The average molecular weight is 393 g/mol. The summed E-state index contributed by atoms with van der Waals surface area (Å²) in [7, 11) is 3.24. The van der Waals surface area contributed by atoms with Crippen LogP contribution >= 0.6 is 0 Å². The van der Waals surface area contributed by atoms with Crippen LogP contribution in [0.3, 0.4) is 0 Å². The van der Waals surface area contributed by atoms with Crippen molar-refractivity contribution in [3.8, 4) is 11.5 Å². The summed E-state index contributed by atoms with van der Waals surface area (Å²) >= 11 is 0. The van der Waals surface area contributed by atoms with Crippen LogP contribution in [-0.4, -0.2) is 44.1 Å². The highest BCUT2D eigenvalue weighted by atomic mass is 16.6. The molecule has 6 nitrogen and oxygen atoms in total. The van der Waals surface area contributed by atoms with E-state index in [-0.39, 0.29) is 19.1 Å². The molecule has 29 heavy (non-hydrogen) atoms. The maximum absolute atomic E-state index is 12.2. The summed E-state index contributed by atoms with van der Waals surface area (Å²) < 4.78 is 15.7. The summed E-state index contributed by atoms with van der Waals surface area (Å²) in [5, 5.41) is 2.11. The van der Waals surface area contributed by atoms with Gasteiger partial charge in [0.2, 0.25) is 0 Å².